The predicted octanol–water partition coefficient (Wildman–Crippen LogP) is 12.9. The van der Waals surface area contributed by atoms with Gasteiger partial charge in [0.1, 0.15) is 17.2 Å². The Morgan fingerprint density at radius 3 is 0.713 bits per heavy atom. The molecular formula is C76H104O25. The van der Waals surface area contributed by atoms with Crippen molar-refractivity contribution in [3.05, 3.63) is 102 Å². The first-order valence-corrected chi connectivity index (χ1v) is 35.4. The zero-order valence-electron chi connectivity index (χ0n) is 59.0. The standard InChI is InChI=1S/C76H104O25/c1-58(2)74(86)99-57-25-14-34-73(85)98-56-24-13-33-72(84)97-55-23-12-32-71(83)96-54-22-11-31-70(82)95-53-21-10-30-69(81)94-52-20-9-29-68(80)93-51-19-8-28-67(79)92-50-18-7-27-66(78)91-49-17-6-26-65(77)90-48-16-5-4-15-47-89-62-41-39-61(40-42-62)76(88)101-64-45-43-63(44-46-64)100-75(87)60-37-35-59(3)36-38-60/h35-46H,1,4-34,47-57H2,2-3H3. The lowest BCUT2D eigenvalue weighted by Crippen LogP contribution is -2.10. The second-order valence-corrected chi connectivity index (χ2v) is 23.9. The summed E-state index contributed by atoms with van der Waals surface area (Å²) in [5.74, 6) is -3.55. The van der Waals surface area contributed by atoms with Crippen molar-refractivity contribution in [1.29, 1.82) is 0 Å². The number of hydrogen-bond acceptors (Lipinski definition) is 25. The van der Waals surface area contributed by atoms with E-state index in [9.17, 15) is 57.5 Å². The maximum Gasteiger partial charge on any atom is 0.343 e. The summed E-state index contributed by atoms with van der Waals surface area (Å²) in [7, 11) is 0. The number of aryl methyl sites for hydroxylation is 1. The molecule has 0 spiro atoms. The van der Waals surface area contributed by atoms with Gasteiger partial charge in [-0.05, 0) is 216 Å². The van der Waals surface area contributed by atoms with Gasteiger partial charge in [-0.15, -0.1) is 0 Å². The van der Waals surface area contributed by atoms with Crippen molar-refractivity contribution in [3.63, 3.8) is 0 Å². The fraction of sp³-hybridized carbons (Fsp3) is 0.579. The van der Waals surface area contributed by atoms with E-state index in [1.165, 1.54) is 0 Å². The Morgan fingerprint density at radius 1 is 0.257 bits per heavy atom. The molecule has 0 bridgehead atoms. The molecule has 3 aromatic carbocycles. The van der Waals surface area contributed by atoms with Gasteiger partial charge in [-0.25, -0.2) is 14.4 Å². The summed E-state index contributed by atoms with van der Waals surface area (Å²) in [5, 5.41) is 0. The number of carbonyl (C=O) groups is 12. The van der Waals surface area contributed by atoms with Gasteiger partial charge in [-0.2, -0.15) is 0 Å². The Labute approximate surface area is 592 Å². The minimum Gasteiger partial charge on any atom is -0.494 e. The lowest BCUT2D eigenvalue weighted by Gasteiger charge is -2.09. The van der Waals surface area contributed by atoms with E-state index in [0.29, 0.717) is 163 Å². The average molecular weight is 1420 g/mol. The van der Waals surface area contributed by atoms with Crippen LogP contribution in [0, 0.1) is 6.92 Å². The van der Waals surface area contributed by atoms with Crippen molar-refractivity contribution in [2.45, 2.75) is 213 Å². The Kier molecular flexibility index (Phi) is 47.4. The third-order valence-electron chi connectivity index (χ3n) is 14.9. The second-order valence-electron chi connectivity index (χ2n) is 23.9. The van der Waals surface area contributed by atoms with Gasteiger partial charge in [0.15, 0.2) is 0 Å². The summed E-state index contributed by atoms with van der Waals surface area (Å²) in [6, 6.07) is 19.9. The van der Waals surface area contributed by atoms with E-state index < -0.39 is 17.9 Å². The van der Waals surface area contributed by atoms with Crippen molar-refractivity contribution in [1.82, 2.24) is 0 Å². The van der Waals surface area contributed by atoms with Crippen LogP contribution in [-0.2, 0) is 95.3 Å². The maximum atomic E-state index is 12.7. The van der Waals surface area contributed by atoms with Gasteiger partial charge >= 0.3 is 71.6 Å². The van der Waals surface area contributed by atoms with E-state index in [4.69, 9.17) is 61.6 Å². The van der Waals surface area contributed by atoms with Gasteiger partial charge < -0.3 is 61.6 Å². The largest absolute Gasteiger partial charge is 0.494 e. The molecule has 0 unspecified atom stereocenters. The molecule has 0 aliphatic carbocycles. The first kappa shape index (κ1) is 86.1. The second kappa shape index (κ2) is 55.6. The quantitative estimate of drug-likeness (QED) is 0.0167. The number of esters is 12. The van der Waals surface area contributed by atoms with E-state index in [0.717, 1.165) is 31.2 Å². The smallest absolute Gasteiger partial charge is 0.343 e. The molecule has 0 N–H and O–H groups in total. The average Bonchev–Trinajstić information content (AvgIpc) is 0.877. The molecule has 0 saturated heterocycles. The monoisotopic (exact) mass is 1420 g/mol. The van der Waals surface area contributed by atoms with Crippen molar-refractivity contribution in [3.8, 4) is 17.2 Å². The summed E-state index contributed by atoms with van der Waals surface area (Å²) < 4.78 is 68.7. The van der Waals surface area contributed by atoms with Gasteiger partial charge in [0, 0.05) is 63.4 Å². The van der Waals surface area contributed by atoms with E-state index in [1.54, 1.807) is 67.6 Å². The molecule has 25 heteroatoms. The summed E-state index contributed by atoms with van der Waals surface area (Å²) >= 11 is 0. The van der Waals surface area contributed by atoms with Gasteiger partial charge in [-0.1, -0.05) is 24.3 Å². The maximum absolute atomic E-state index is 12.7. The molecule has 0 radical (unpaired) electrons. The van der Waals surface area contributed by atoms with Gasteiger partial charge in [-0.3, -0.25) is 43.2 Å². The van der Waals surface area contributed by atoms with E-state index >= 15 is 0 Å². The topological polar surface area (TPSA) is 325 Å². The van der Waals surface area contributed by atoms with Gasteiger partial charge in [0.05, 0.1) is 83.8 Å². The Bertz CT molecular complexity index is 2960. The summed E-state index contributed by atoms with van der Waals surface area (Å²) in [4.78, 5) is 145. The first-order valence-electron chi connectivity index (χ1n) is 35.4. The van der Waals surface area contributed by atoms with Gasteiger partial charge in [0.25, 0.3) is 0 Å². The summed E-state index contributed by atoms with van der Waals surface area (Å²) in [5.41, 5.74) is 2.13. The van der Waals surface area contributed by atoms with Crippen LogP contribution in [0.5, 0.6) is 17.2 Å². The zero-order chi connectivity index (χ0) is 73.3. The van der Waals surface area contributed by atoms with Crippen LogP contribution in [0.2, 0.25) is 0 Å². The minimum absolute atomic E-state index is 0.159. The van der Waals surface area contributed by atoms with Crippen molar-refractivity contribution < 1.29 is 119 Å². The van der Waals surface area contributed by atoms with Crippen LogP contribution < -0.4 is 14.2 Å². The van der Waals surface area contributed by atoms with Crippen LogP contribution in [0.3, 0.4) is 0 Å². The molecule has 0 atom stereocenters. The minimum atomic E-state index is -0.545. The molecule has 0 saturated carbocycles. The van der Waals surface area contributed by atoms with E-state index in [2.05, 4.69) is 6.58 Å². The SMILES string of the molecule is C=C(C)C(=O)OCCCCC(=O)OCCCCC(=O)OCCCCC(=O)OCCCCC(=O)OCCCCC(=O)OCCCCC(=O)OCCCCC(=O)OCCCCC(=O)OCCCCC(=O)OCCCCCCOc1ccc(C(=O)Oc2ccc(OC(=O)c3ccc(C)cc3)cc2)cc1. The van der Waals surface area contributed by atoms with Crippen LogP contribution >= 0.6 is 0 Å². The molecule has 3 rings (SSSR count). The highest BCUT2D eigenvalue weighted by atomic mass is 16.6. The van der Waals surface area contributed by atoms with Gasteiger partial charge in [0.2, 0.25) is 0 Å². The van der Waals surface area contributed by atoms with Crippen LogP contribution in [0.25, 0.3) is 0 Å². The number of hydrogen-bond donors (Lipinski definition) is 0. The fourth-order valence-electron chi connectivity index (χ4n) is 8.99. The third kappa shape index (κ3) is 46.7. The number of ether oxygens (including phenoxy) is 13. The normalized spacial score (nSPS) is 10.7. The van der Waals surface area contributed by atoms with Crippen LogP contribution in [0.1, 0.15) is 232 Å². The van der Waals surface area contributed by atoms with E-state index in [-0.39, 0.29) is 171 Å². The van der Waals surface area contributed by atoms with Crippen molar-refractivity contribution in [2.75, 3.05) is 72.7 Å². The van der Waals surface area contributed by atoms with Crippen molar-refractivity contribution >= 4 is 71.6 Å². The highest BCUT2D eigenvalue weighted by Gasteiger charge is 2.15. The Hall–Kier alpha value is -9.16. The highest BCUT2D eigenvalue weighted by Crippen LogP contribution is 2.22. The molecular weight excluding hydrogens is 1310 g/mol. The Morgan fingerprint density at radius 2 is 0.465 bits per heavy atom. The van der Waals surface area contributed by atoms with E-state index in [1.807, 2.05) is 19.1 Å². The molecule has 0 aliphatic heterocycles. The molecule has 0 heterocycles. The molecule has 3 aromatic rings. The lowest BCUT2D eigenvalue weighted by atomic mass is 10.1. The van der Waals surface area contributed by atoms with Crippen LogP contribution in [0.15, 0.2) is 84.9 Å². The predicted molar refractivity (Wildman–Crippen MR) is 367 cm³/mol. The molecule has 558 valence electrons. The van der Waals surface area contributed by atoms with Crippen molar-refractivity contribution in [2.24, 2.45) is 0 Å². The van der Waals surface area contributed by atoms with Crippen LogP contribution in [-0.4, -0.2) is 144 Å². The highest BCUT2D eigenvalue weighted by molar-refractivity contribution is 5.92. The summed E-state index contributed by atoms with van der Waals surface area (Å²) in [6.07, 6.45) is 13.8. The lowest BCUT2D eigenvalue weighted by molar-refractivity contribution is -0.147. The molecule has 0 fully saturated rings. The molecule has 25 nitrogen and oxygen atoms in total. The Balaban J connectivity index is 0.989. The third-order valence-corrected chi connectivity index (χ3v) is 14.9. The fourth-order valence-corrected chi connectivity index (χ4v) is 8.99. The number of carbonyl (C=O) groups excluding carboxylic acids is 12. The zero-order valence-corrected chi connectivity index (χ0v) is 59.0. The van der Waals surface area contributed by atoms with Crippen LogP contribution in [0.4, 0.5) is 0 Å². The molecule has 101 heavy (non-hydrogen) atoms. The molecule has 0 amide bonds. The number of benzene rings is 3. The molecule has 0 aliphatic rings. The summed E-state index contributed by atoms with van der Waals surface area (Å²) in [6.45, 7) is 9.39. The number of rotatable bonds is 58. The molecule has 0 aromatic heterocycles. The first-order chi connectivity index (χ1) is 48.9. The number of unbranched alkanes of at least 4 members (excludes halogenated alkanes) is 12.